The minimum Gasteiger partial charge on any atom is -0.338 e. The SMILES string of the molecule is NNC(=O)c1cccc(CN2CCCCCC2=O)c1. The molecule has 3 N–H and O–H groups in total. The summed E-state index contributed by atoms with van der Waals surface area (Å²) in [5.41, 5.74) is 3.58. The molecule has 0 aromatic heterocycles. The van der Waals surface area contributed by atoms with Crippen LogP contribution in [0.5, 0.6) is 0 Å². The maximum absolute atomic E-state index is 11.9. The third-order valence-electron chi connectivity index (χ3n) is 3.37. The molecule has 5 heteroatoms. The van der Waals surface area contributed by atoms with E-state index in [1.54, 1.807) is 12.1 Å². The average Bonchev–Trinajstić information content (AvgIpc) is 2.64. The van der Waals surface area contributed by atoms with Crippen LogP contribution in [0.1, 0.15) is 41.6 Å². The van der Waals surface area contributed by atoms with Crippen molar-refractivity contribution in [2.75, 3.05) is 6.54 Å². The number of amides is 2. The summed E-state index contributed by atoms with van der Waals surface area (Å²) in [4.78, 5) is 25.2. The topological polar surface area (TPSA) is 75.4 Å². The van der Waals surface area contributed by atoms with Gasteiger partial charge in [-0.25, -0.2) is 5.84 Å². The van der Waals surface area contributed by atoms with E-state index in [0.717, 1.165) is 31.4 Å². The molecule has 1 aromatic carbocycles. The number of carbonyl (C=O) groups is 2. The zero-order valence-electron chi connectivity index (χ0n) is 10.9. The molecular weight excluding hydrogens is 242 g/mol. The van der Waals surface area contributed by atoms with Crippen LogP contribution in [-0.2, 0) is 11.3 Å². The van der Waals surface area contributed by atoms with Crippen molar-refractivity contribution in [2.24, 2.45) is 5.84 Å². The predicted molar refractivity (Wildman–Crippen MR) is 72.0 cm³/mol. The van der Waals surface area contributed by atoms with Gasteiger partial charge in [-0.2, -0.15) is 0 Å². The van der Waals surface area contributed by atoms with Gasteiger partial charge in [0.2, 0.25) is 5.91 Å². The lowest BCUT2D eigenvalue weighted by Crippen LogP contribution is -2.31. The van der Waals surface area contributed by atoms with Gasteiger partial charge in [-0.3, -0.25) is 15.0 Å². The van der Waals surface area contributed by atoms with Crippen molar-refractivity contribution in [3.05, 3.63) is 35.4 Å². The van der Waals surface area contributed by atoms with Gasteiger partial charge in [-0.05, 0) is 30.5 Å². The Hall–Kier alpha value is -1.88. The first-order valence-corrected chi connectivity index (χ1v) is 6.58. The van der Waals surface area contributed by atoms with Crippen molar-refractivity contribution in [2.45, 2.75) is 32.2 Å². The van der Waals surface area contributed by atoms with E-state index in [1.807, 2.05) is 17.0 Å². The van der Waals surface area contributed by atoms with Crippen LogP contribution in [0, 0.1) is 0 Å². The summed E-state index contributed by atoms with van der Waals surface area (Å²) < 4.78 is 0. The Balaban J connectivity index is 2.09. The highest BCUT2D eigenvalue weighted by Crippen LogP contribution is 2.15. The third kappa shape index (κ3) is 3.54. The molecule has 1 aliphatic rings. The van der Waals surface area contributed by atoms with Crippen LogP contribution in [0.2, 0.25) is 0 Å². The standard InChI is InChI=1S/C14H19N3O2/c15-16-14(19)12-6-4-5-11(9-12)10-17-8-3-1-2-7-13(17)18/h4-6,9H,1-3,7-8,10,15H2,(H,16,19). The number of carbonyl (C=O) groups excluding carboxylic acids is 2. The Labute approximate surface area is 112 Å². The molecule has 1 saturated heterocycles. The lowest BCUT2D eigenvalue weighted by Gasteiger charge is -2.20. The molecule has 0 spiro atoms. The van der Waals surface area contributed by atoms with Gasteiger partial charge < -0.3 is 4.90 Å². The van der Waals surface area contributed by atoms with Gasteiger partial charge in [0.05, 0.1) is 0 Å². The van der Waals surface area contributed by atoms with Gasteiger partial charge in [-0.15, -0.1) is 0 Å². The predicted octanol–water partition coefficient (Wildman–Crippen LogP) is 1.19. The zero-order valence-corrected chi connectivity index (χ0v) is 10.9. The molecule has 19 heavy (non-hydrogen) atoms. The number of nitrogen functional groups attached to an aromatic ring is 1. The quantitative estimate of drug-likeness (QED) is 0.487. The first-order valence-electron chi connectivity index (χ1n) is 6.58. The van der Waals surface area contributed by atoms with Crippen molar-refractivity contribution >= 4 is 11.8 Å². The summed E-state index contributed by atoms with van der Waals surface area (Å²) in [7, 11) is 0. The van der Waals surface area contributed by atoms with Crippen molar-refractivity contribution < 1.29 is 9.59 Å². The summed E-state index contributed by atoms with van der Waals surface area (Å²) >= 11 is 0. The fourth-order valence-corrected chi connectivity index (χ4v) is 2.32. The van der Waals surface area contributed by atoms with Gasteiger partial charge in [-0.1, -0.05) is 18.6 Å². The van der Waals surface area contributed by atoms with Gasteiger partial charge in [0.1, 0.15) is 0 Å². The van der Waals surface area contributed by atoms with Crippen LogP contribution >= 0.6 is 0 Å². The zero-order chi connectivity index (χ0) is 13.7. The molecule has 0 atom stereocenters. The summed E-state index contributed by atoms with van der Waals surface area (Å²) in [6.45, 7) is 1.36. The minimum atomic E-state index is -0.316. The van der Waals surface area contributed by atoms with Crippen molar-refractivity contribution in [3.8, 4) is 0 Å². The van der Waals surface area contributed by atoms with Crippen LogP contribution in [0.4, 0.5) is 0 Å². The first kappa shape index (κ1) is 13.5. The van der Waals surface area contributed by atoms with Gasteiger partial charge in [0.25, 0.3) is 5.91 Å². The van der Waals surface area contributed by atoms with Crippen LogP contribution in [0.3, 0.4) is 0 Å². The molecule has 0 radical (unpaired) electrons. The fraction of sp³-hybridized carbons (Fsp3) is 0.429. The van der Waals surface area contributed by atoms with Crippen LogP contribution < -0.4 is 11.3 Å². The molecule has 2 amide bonds. The number of nitrogens with zero attached hydrogens (tertiary/aromatic N) is 1. The highest BCUT2D eigenvalue weighted by Gasteiger charge is 2.17. The lowest BCUT2D eigenvalue weighted by molar-refractivity contribution is -0.131. The third-order valence-corrected chi connectivity index (χ3v) is 3.37. The largest absolute Gasteiger partial charge is 0.338 e. The number of nitrogens with two attached hydrogens (primary N) is 1. The van der Waals surface area contributed by atoms with Crippen LogP contribution in [-0.4, -0.2) is 23.3 Å². The van der Waals surface area contributed by atoms with E-state index < -0.39 is 0 Å². The number of hydrogen-bond acceptors (Lipinski definition) is 3. The minimum absolute atomic E-state index is 0.200. The van der Waals surface area contributed by atoms with E-state index in [1.165, 1.54) is 0 Å². The smallest absolute Gasteiger partial charge is 0.265 e. The Bertz CT molecular complexity index is 474. The molecule has 2 rings (SSSR count). The van der Waals surface area contributed by atoms with Crippen LogP contribution in [0.15, 0.2) is 24.3 Å². The van der Waals surface area contributed by atoms with E-state index in [2.05, 4.69) is 5.43 Å². The van der Waals surface area contributed by atoms with E-state index in [4.69, 9.17) is 5.84 Å². The second kappa shape index (κ2) is 6.33. The maximum atomic E-state index is 11.9. The summed E-state index contributed by atoms with van der Waals surface area (Å²) in [5.74, 6) is 5.00. The lowest BCUT2D eigenvalue weighted by atomic mass is 10.1. The number of likely N-dealkylation sites (tertiary alicyclic amines) is 1. The molecule has 1 heterocycles. The normalized spacial score (nSPS) is 16.1. The Morgan fingerprint density at radius 1 is 1.32 bits per heavy atom. The molecule has 0 bridgehead atoms. The summed E-state index contributed by atoms with van der Waals surface area (Å²) in [6, 6.07) is 7.21. The molecule has 1 fully saturated rings. The van der Waals surface area contributed by atoms with Gasteiger partial charge in [0.15, 0.2) is 0 Å². The van der Waals surface area contributed by atoms with Crippen molar-refractivity contribution in [1.29, 1.82) is 0 Å². The molecule has 1 aromatic rings. The fourth-order valence-electron chi connectivity index (χ4n) is 2.32. The molecule has 0 aliphatic carbocycles. The van der Waals surface area contributed by atoms with Crippen LogP contribution in [0.25, 0.3) is 0 Å². The number of hydrogen-bond donors (Lipinski definition) is 2. The van der Waals surface area contributed by atoms with E-state index in [9.17, 15) is 9.59 Å². The molecule has 0 unspecified atom stereocenters. The summed E-state index contributed by atoms with van der Waals surface area (Å²) in [5, 5.41) is 0. The van der Waals surface area contributed by atoms with Gasteiger partial charge in [0, 0.05) is 25.1 Å². The number of nitrogens with one attached hydrogen (secondary N) is 1. The Morgan fingerprint density at radius 2 is 2.16 bits per heavy atom. The molecule has 5 nitrogen and oxygen atoms in total. The summed E-state index contributed by atoms with van der Waals surface area (Å²) in [6.07, 6.45) is 3.76. The van der Waals surface area contributed by atoms with E-state index in [0.29, 0.717) is 18.5 Å². The second-order valence-electron chi connectivity index (χ2n) is 4.80. The molecular formula is C14H19N3O2. The monoisotopic (exact) mass is 261 g/mol. The molecule has 1 aliphatic heterocycles. The Kier molecular flexibility index (Phi) is 4.52. The maximum Gasteiger partial charge on any atom is 0.265 e. The number of hydrazine groups is 1. The highest BCUT2D eigenvalue weighted by molar-refractivity contribution is 5.93. The van der Waals surface area contributed by atoms with E-state index in [-0.39, 0.29) is 11.8 Å². The van der Waals surface area contributed by atoms with Gasteiger partial charge >= 0.3 is 0 Å². The highest BCUT2D eigenvalue weighted by atomic mass is 16.2. The van der Waals surface area contributed by atoms with Crippen molar-refractivity contribution in [3.63, 3.8) is 0 Å². The van der Waals surface area contributed by atoms with E-state index >= 15 is 0 Å². The molecule has 0 saturated carbocycles. The van der Waals surface area contributed by atoms with Crippen molar-refractivity contribution in [1.82, 2.24) is 10.3 Å². The first-order chi connectivity index (χ1) is 9.20. The second-order valence-corrected chi connectivity index (χ2v) is 4.80. The average molecular weight is 261 g/mol. The number of benzene rings is 1. The Morgan fingerprint density at radius 3 is 2.95 bits per heavy atom. The molecule has 102 valence electrons. The number of rotatable bonds is 3.